The van der Waals surface area contributed by atoms with Crippen LogP contribution >= 0.6 is 43.6 Å². The second-order valence-electron chi connectivity index (χ2n) is 5.53. The molecule has 0 spiro atoms. The molecule has 2 aromatic carbocycles. The van der Waals surface area contributed by atoms with Gasteiger partial charge in [0.25, 0.3) is 0 Å². The second-order valence-corrected chi connectivity index (χ2v) is 8.24. The maximum atomic E-state index is 12.3. The van der Waals surface area contributed by atoms with Crippen LogP contribution in [0.4, 0.5) is 5.69 Å². The SMILES string of the molecule is CCn1c(SCC(=O)Nc2ccccc2Br)nnc1-c1cc(Br)ccc1O. The van der Waals surface area contributed by atoms with Gasteiger partial charge in [-0.3, -0.25) is 4.79 Å². The third kappa shape index (κ3) is 4.72. The van der Waals surface area contributed by atoms with Crippen LogP contribution in [0.3, 0.4) is 0 Å². The molecule has 0 saturated heterocycles. The minimum atomic E-state index is -0.135. The van der Waals surface area contributed by atoms with Gasteiger partial charge in [-0.1, -0.05) is 39.8 Å². The number of hydrogen-bond acceptors (Lipinski definition) is 5. The van der Waals surface area contributed by atoms with Crippen molar-refractivity contribution in [2.75, 3.05) is 11.1 Å². The van der Waals surface area contributed by atoms with Crippen LogP contribution in [0.5, 0.6) is 5.75 Å². The minimum Gasteiger partial charge on any atom is -0.507 e. The Morgan fingerprint density at radius 1 is 1.22 bits per heavy atom. The summed E-state index contributed by atoms with van der Waals surface area (Å²) in [6.45, 7) is 2.58. The van der Waals surface area contributed by atoms with Crippen molar-refractivity contribution in [1.82, 2.24) is 14.8 Å². The van der Waals surface area contributed by atoms with Crippen LogP contribution < -0.4 is 5.32 Å². The van der Waals surface area contributed by atoms with Crippen LogP contribution in [-0.2, 0) is 11.3 Å². The molecular formula is C18H16Br2N4O2S. The van der Waals surface area contributed by atoms with Gasteiger partial charge in [-0.25, -0.2) is 0 Å². The number of nitrogens with zero attached hydrogens (tertiary/aromatic N) is 3. The number of carbonyl (C=O) groups excluding carboxylic acids is 1. The normalized spacial score (nSPS) is 10.8. The highest BCUT2D eigenvalue weighted by Gasteiger charge is 2.17. The largest absolute Gasteiger partial charge is 0.507 e. The molecule has 6 nitrogen and oxygen atoms in total. The van der Waals surface area contributed by atoms with Gasteiger partial charge in [0.05, 0.1) is 17.0 Å². The molecule has 0 fully saturated rings. The van der Waals surface area contributed by atoms with Crippen molar-refractivity contribution in [3.8, 4) is 17.1 Å². The van der Waals surface area contributed by atoms with Crippen LogP contribution in [0.15, 0.2) is 56.6 Å². The van der Waals surface area contributed by atoms with E-state index in [2.05, 4.69) is 47.4 Å². The molecule has 0 aliphatic rings. The number of nitrogens with one attached hydrogen (secondary N) is 1. The highest BCUT2D eigenvalue weighted by molar-refractivity contribution is 9.10. The maximum Gasteiger partial charge on any atom is 0.234 e. The van der Waals surface area contributed by atoms with Crippen molar-refractivity contribution in [1.29, 1.82) is 0 Å². The van der Waals surface area contributed by atoms with Gasteiger partial charge in [-0.2, -0.15) is 0 Å². The predicted molar refractivity (Wildman–Crippen MR) is 114 cm³/mol. The van der Waals surface area contributed by atoms with Crippen LogP contribution in [-0.4, -0.2) is 31.5 Å². The zero-order valence-electron chi connectivity index (χ0n) is 14.3. The fraction of sp³-hybridized carbons (Fsp3) is 0.167. The summed E-state index contributed by atoms with van der Waals surface area (Å²) in [6, 6.07) is 12.6. The minimum absolute atomic E-state index is 0.128. The number of anilines is 1. The number of para-hydroxylation sites is 1. The number of thioether (sulfide) groups is 1. The fourth-order valence-corrected chi connectivity index (χ4v) is 3.99. The maximum absolute atomic E-state index is 12.3. The molecule has 0 saturated carbocycles. The third-order valence-corrected chi connectivity index (χ3v) is 5.86. The number of hydrogen-bond donors (Lipinski definition) is 2. The van der Waals surface area contributed by atoms with Crippen molar-refractivity contribution < 1.29 is 9.90 Å². The highest BCUT2D eigenvalue weighted by Crippen LogP contribution is 2.32. The van der Waals surface area contributed by atoms with Gasteiger partial charge in [-0.05, 0) is 53.2 Å². The molecule has 1 amide bonds. The molecule has 27 heavy (non-hydrogen) atoms. The Kier molecular flexibility index (Phi) is 6.56. The summed E-state index contributed by atoms with van der Waals surface area (Å²) in [5.41, 5.74) is 1.31. The van der Waals surface area contributed by atoms with E-state index in [-0.39, 0.29) is 17.4 Å². The fourth-order valence-electron chi connectivity index (χ4n) is 2.45. The monoisotopic (exact) mass is 510 g/mol. The Balaban J connectivity index is 1.74. The summed E-state index contributed by atoms with van der Waals surface area (Å²) in [5.74, 6) is 0.752. The van der Waals surface area contributed by atoms with E-state index in [0.29, 0.717) is 23.1 Å². The lowest BCUT2D eigenvalue weighted by Gasteiger charge is -2.09. The van der Waals surface area contributed by atoms with E-state index in [1.54, 1.807) is 18.2 Å². The molecule has 1 aromatic heterocycles. The van der Waals surface area contributed by atoms with Crippen LogP contribution in [0.2, 0.25) is 0 Å². The number of rotatable bonds is 6. The zero-order valence-corrected chi connectivity index (χ0v) is 18.3. The van der Waals surface area contributed by atoms with Crippen molar-refractivity contribution in [2.24, 2.45) is 0 Å². The number of aromatic hydroxyl groups is 1. The summed E-state index contributed by atoms with van der Waals surface area (Å²) in [4.78, 5) is 12.3. The van der Waals surface area contributed by atoms with Crippen molar-refractivity contribution in [2.45, 2.75) is 18.6 Å². The van der Waals surface area contributed by atoms with Crippen LogP contribution in [0.1, 0.15) is 6.92 Å². The van der Waals surface area contributed by atoms with Crippen molar-refractivity contribution >= 4 is 55.2 Å². The molecule has 0 aliphatic heterocycles. The van der Waals surface area contributed by atoms with E-state index in [9.17, 15) is 9.90 Å². The lowest BCUT2D eigenvalue weighted by atomic mass is 10.2. The molecule has 0 unspecified atom stereocenters. The first-order valence-electron chi connectivity index (χ1n) is 8.09. The van der Waals surface area contributed by atoms with Gasteiger partial charge in [0.1, 0.15) is 5.75 Å². The Morgan fingerprint density at radius 2 is 2.00 bits per heavy atom. The van der Waals surface area contributed by atoms with Gasteiger partial charge in [0.2, 0.25) is 5.91 Å². The topological polar surface area (TPSA) is 80.0 Å². The molecule has 9 heteroatoms. The number of carbonyl (C=O) groups is 1. The molecule has 0 atom stereocenters. The van der Waals surface area contributed by atoms with Crippen molar-refractivity contribution in [3.63, 3.8) is 0 Å². The molecule has 0 aliphatic carbocycles. The molecule has 140 valence electrons. The summed E-state index contributed by atoms with van der Waals surface area (Å²) < 4.78 is 3.54. The lowest BCUT2D eigenvalue weighted by molar-refractivity contribution is -0.113. The third-order valence-electron chi connectivity index (χ3n) is 3.71. The molecule has 3 aromatic rings. The summed E-state index contributed by atoms with van der Waals surface area (Å²) in [5, 5.41) is 22.0. The molecular weight excluding hydrogens is 496 g/mol. The van der Waals surface area contributed by atoms with E-state index in [1.807, 2.05) is 35.8 Å². The van der Waals surface area contributed by atoms with Gasteiger partial charge >= 0.3 is 0 Å². The Bertz CT molecular complexity index is 978. The molecule has 2 N–H and O–H groups in total. The molecule has 0 bridgehead atoms. The quantitative estimate of drug-likeness (QED) is 0.459. The first-order valence-corrected chi connectivity index (χ1v) is 10.7. The first kappa shape index (κ1) is 19.9. The predicted octanol–water partition coefficient (Wildman–Crippen LogP) is 4.93. The highest BCUT2D eigenvalue weighted by atomic mass is 79.9. The van der Waals surface area contributed by atoms with Gasteiger partial charge < -0.3 is 15.0 Å². The zero-order chi connectivity index (χ0) is 19.4. The standard InChI is InChI=1S/C18H16Br2N4O2S/c1-2-24-17(12-9-11(19)7-8-15(12)25)22-23-18(24)27-10-16(26)21-14-6-4-3-5-13(14)20/h3-9,25H,2,10H2,1H3,(H,21,26). The van der Waals surface area contributed by atoms with E-state index in [4.69, 9.17) is 0 Å². The Morgan fingerprint density at radius 3 is 2.74 bits per heavy atom. The number of amides is 1. The van der Waals surface area contributed by atoms with Gasteiger partial charge in [0, 0.05) is 15.5 Å². The van der Waals surface area contributed by atoms with Crippen molar-refractivity contribution in [3.05, 3.63) is 51.4 Å². The summed E-state index contributed by atoms with van der Waals surface area (Å²) in [6.07, 6.45) is 0. The smallest absolute Gasteiger partial charge is 0.234 e. The number of aromatic nitrogens is 3. The first-order chi connectivity index (χ1) is 13.0. The van der Waals surface area contributed by atoms with Gasteiger partial charge in [0.15, 0.2) is 11.0 Å². The van der Waals surface area contributed by atoms with E-state index in [1.165, 1.54) is 11.8 Å². The Hall–Kier alpha value is -1.84. The average molecular weight is 512 g/mol. The van der Waals surface area contributed by atoms with E-state index >= 15 is 0 Å². The summed E-state index contributed by atoms with van der Waals surface area (Å²) >= 11 is 8.11. The van der Waals surface area contributed by atoms with E-state index in [0.717, 1.165) is 14.6 Å². The second kappa shape index (κ2) is 8.90. The Labute approximate surface area is 177 Å². The number of halogens is 2. The molecule has 1 heterocycles. The van der Waals surface area contributed by atoms with Crippen LogP contribution in [0.25, 0.3) is 11.4 Å². The lowest BCUT2D eigenvalue weighted by Crippen LogP contribution is -2.15. The summed E-state index contributed by atoms with van der Waals surface area (Å²) in [7, 11) is 0. The molecule has 0 radical (unpaired) electrons. The molecule has 3 rings (SSSR count). The van der Waals surface area contributed by atoms with Crippen LogP contribution in [0, 0.1) is 0 Å². The number of benzene rings is 2. The number of phenols is 1. The average Bonchev–Trinajstić information content (AvgIpc) is 3.06. The van der Waals surface area contributed by atoms with Gasteiger partial charge in [-0.15, -0.1) is 10.2 Å². The number of phenolic OH excluding ortho intramolecular Hbond substituents is 1. The van der Waals surface area contributed by atoms with E-state index < -0.39 is 0 Å².